The van der Waals surface area contributed by atoms with Crippen LogP contribution < -0.4 is 10.1 Å². The number of anilines is 1. The van der Waals surface area contributed by atoms with Gasteiger partial charge in [0.25, 0.3) is 0 Å². The number of aliphatic carboxylic acids is 1. The number of carboxylic acids is 1. The van der Waals surface area contributed by atoms with E-state index in [1.165, 1.54) is 6.08 Å². The molecule has 0 saturated carbocycles. The molecule has 33 heavy (non-hydrogen) atoms. The Kier molecular flexibility index (Phi) is 8.19. The van der Waals surface area contributed by atoms with Crippen molar-refractivity contribution < 1.29 is 19.4 Å². The molecular weight excluding hydrogens is 529 g/mol. The average Bonchev–Trinajstić information content (AvgIpc) is 2.76. The molecule has 0 atom stereocenters. The van der Waals surface area contributed by atoms with E-state index >= 15 is 0 Å². The monoisotopic (exact) mass is 547 g/mol. The fraction of sp³-hybridized carbons (Fsp3) is 0.120. The lowest BCUT2D eigenvalue weighted by Gasteiger charge is -2.14. The summed E-state index contributed by atoms with van der Waals surface area (Å²) in [5, 5.41) is 12.9. The standard InChI is InChI=1S/C25H20BrCl2NO4/c1-14(2)24(30)29-22-9-8-17(13-19(22)26)33-23-20(27)11-15(12-21(23)28)10-18(25(31)32)16-6-4-3-5-7-16/h3-14H,1-2H3,(H,29,30)(H,31,32)/b18-10+. The number of rotatable bonds is 7. The minimum absolute atomic E-state index is 0.102. The van der Waals surface area contributed by atoms with E-state index in [1.807, 2.05) is 19.9 Å². The second kappa shape index (κ2) is 10.9. The summed E-state index contributed by atoms with van der Waals surface area (Å²) in [7, 11) is 0. The first-order valence-electron chi connectivity index (χ1n) is 9.93. The zero-order valence-corrected chi connectivity index (χ0v) is 20.8. The third-order valence-corrected chi connectivity index (χ3v) is 5.81. The molecule has 0 aliphatic rings. The lowest BCUT2D eigenvalue weighted by atomic mass is 10.0. The van der Waals surface area contributed by atoms with Crippen molar-refractivity contribution in [3.8, 4) is 11.5 Å². The van der Waals surface area contributed by atoms with E-state index in [1.54, 1.807) is 54.6 Å². The molecule has 0 aliphatic heterocycles. The molecule has 8 heteroatoms. The Labute approximate surface area is 210 Å². The largest absolute Gasteiger partial charge is 0.478 e. The predicted octanol–water partition coefficient (Wildman–Crippen LogP) is 7.77. The van der Waals surface area contributed by atoms with E-state index in [4.69, 9.17) is 27.9 Å². The molecule has 0 bridgehead atoms. The molecule has 5 nitrogen and oxygen atoms in total. The molecule has 3 aromatic rings. The van der Waals surface area contributed by atoms with Crippen molar-refractivity contribution in [2.45, 2.75) is 13.8 Å². The molecule has 2 N–H and O–H groups in total. The molecular formula is C25H20BrCl2NO4. The van der Waals surface area contributed by atoms with E-state index in [0.29, 0.717) is 27.0 Å². The highest BCUT2D eigenvalue weighted by molar-refractivity contribution is 9.10. The molecule has 0 spiro atoms. The molecule has 0 radical (unpaired) electrons. The first kappa shape index (κ1) is 24.8. The van der Waals surface area contributed by atoms with Crippen molar-refractivity contribution in [2.75, 3.05) is 5.32 Å². The fourth-order valence-corrected chi connectivity index (χ4v) is 3.91. The van der Waals surface area contributed by atoms with Crippen LogP contribution in [0.4, 0.5) is 5.69 Å². The number of ether oxygens (including phenoxy) is 1. The second-order valence-corrected chi connectivity index (χ2v) is 9.10. The van der Waals surface area contributed by atoms with Crippen LogP contribution in [-0.2, 0) is 9.59 Å². The molecule has 1 amide bonds. The minimum atomic E-state index is -1.07. The van der Waals surface area contributed by atoms with Gasteiger partial charge in [-0.3, -0.25) is 4.79 Å². The van der Waals surface area contributed by atoms with Crippen LogP contribution in [0.3, 0.4) is 0 Å². The maximum Gasteiger partial charge on any atom is 0.336 e. The number of amides is 1. The number of carbonyl (C=O) groups is 2. The van der Waals surface area contributed by atoms with Crippen LogP contribution in [0.5, 0.6) is 11.5 Å². The molecule has 0 fully saturated rings. The van der Waals surface area contributed by atoms with E-state index < -0.39 is 5.97 Å². The highest BCUT2D eigenvalue weighted by Gasteiger charge is 2.15. The van der Waals surface area contributed by atoms with Crippen molar-refractivity contribution in [1.29, 1.82) is 0 Å². The molecule has 170 valence electrons. The van der Waals surface area contributed by atoms with Crippen LogP contribution in [0, 0.1) is 5.92 Å². The Bertz CT molecular complexity index is 1200. The van der Waals surface area contributed by atoms with Crippen LogP contribution in [0.2, 0.25) is 10.0 Å². The summed E-state index contributed by atoms with van der Waals surface area (Å²) in [6.07, 6.45) is 1.50. The van der Waals surface area contributed by atoms with Crippen molar-refractivity contribution in [2.24, 2.45) is 5.92 Å². The van der Waals surface area contributed by atoms with Gasteiger partial charge in [-0.15, -0.1) is 0 Å². The topological polar surface area (TPSA) is 75.6 Å². The summed E-state index contributed by atoms with van der Waals surface area (Å²) in [6.45, 7) is 3.62. The molecule has 3 rings (SSSR count). The molecule has 0 unspecified atom stereocenters. The number of halogens is 3. The number of benzene rings is 3. The van der Waals surface area contributed by atoms with Crippen LogP contribution >= 0.6 is 39.1 Å². The maximum absolute atomic E-state index is 11.9. The Morgan fingerprint density at radius 3 is 2.21 bits per heavy atom. The Morgan fingerprint density at radius 2 is 1.67 bits per heavy atom. The van der Waals surface area contributed by atoms with Crippen LogP contribution in [0.25, 0.3) is 11.6 Å². The molecule has 0 aromatic heterocycles. The van der Waals surface area contributed by atoms with Crippen LogP contribution in [0.1, 0.15) is 25.0 Å². The van der Waals surface area contributed by atoms with E-state index in [-0.39, 0.29) is 33.2 Å². The van der Waals surface area contributed by atoms with Gasteiger partial charge in [-0.1, -0.05) is 67.4 Å². The van der Waals surface area contributed by atoms with E-state index in [2.05, 4.69) is 21.2 Å². The van der Waals surface area contributed by atoms with Gasteiger partial charge in [0.2, 0.25) is 5.91 Å². The lowest BCUT2D eigenvalue weighted by molar-refractivity contribution is -0.130. The number of hydrogen-bond donors (Lipinski definition) is 2. The Hall–Kier alpha value is -2.80. The zero-order chi connectivity index (χ0) is 24.1. The SMILES string of the molecule is CC(C)C(=O)Nc1ccc(Oc2c(Cl)cc(/C=C(/C(=O)O)c3ccccc3)cc2Cl)cc1Br. The zero-order valence-electron chi connectivity index (χ0n) is 17.7. The summed E-state index contributed by atoms with van der Waals surface area (Å²) < 4.78 is 6.51. The molecule has 0 heterocycles. The van der Waals surface area contributed by atoms with Gasteiger partial charge in [-0.25, -0.2) is 4.79 Å². The first-order chi connectivity index (χ1) is 15.7. The van der Waals surface area contributed by atoms with Crippen molar-refractivity contribution >= 4 is 68.3 Å². The third kappa shape index (κ3) is 6.38. The maximum atomic E-state index is 11.9. The summed E-state index contributed by atoms with van der Waals surface area (Å²) >= 11 is 16.3. The fourth-order valence-electron chi connectivity index (χ4n) is 2.87. The second-order valence-electron chi connectivity index (χ2n) is 7.43. The summed E-state index contributed by atoms with van der Waals surface area (Å²) in [4.78, 5) is 23.7. The molecule has 3 aromatic carbocycles. The van der Waals surface area contributed by atoms with Crippen molar-refractivity contribution in [3.05, 3.63) is 86.3 Å². The van der Waals surface area contributed by atoms with E-state index in [0.717, 1.165) is 0 Å². The third-order valence-electron chi connectivity index (χ3n) is 4.59. The number of carbonyl (C=O) groups excluding carboxylic acids is 1. The number of carboxylic acid groups (broad SMARTS) is 1. The smallest absolute Gasteiger partial charge is 0.336 e. The quantitative estimate of drug-likeness (QED) is 0.233. The molecule has 0 saturated heterocycles. The van der Waals surface area contributed by atoms with Gasteiger partial charge >= 0.3 is 5.97 Å². The highest BCUT2D eigenvalue weighted by atomic mass is 79.9. The number of hydrogen-bond acceptors (Lipinski definition) is 3. The van der Waals surface area contributed by atoms with Gasteiger partial charge in [0, 0.05) is 10.4 Å². The summed E-state index contributed by atoms with van der Waals surface area (Å²) in [5.41, 5.74) is 1.80. The predicted molar refractivity (Wildman–Crippen MR) is 136 cm³/mol. The highest BCUT2D eigenvalue weighted by Crippen LogP contribution is 2.39. The normalized spacial score (nSPS) is 11.4. The van der Waals surface area contributed by atoms with Crippen LogP contribution in [-0.4, -0.2) is 17.0 Å². The van der Waals surface area contributed by atoms with Crippen LogP contribution in [0.15, 0.2) is 65.1 Å². The van der Waals surface area contributed by atoms with Crippen molar-refractivity contribution in [1.82, 2.24) is 0 Å². The summed E-state index contributed by atoms with van der Waals surface area (Å²) in [5.74, 6) is -0.634. The average molecular weight is 549 g/mol. The minimum Gasteiger partial charge on any atom is -0.478 e. The van der Waals surface area contributed by atoms with Crippen molar-refractivity contribution in [3.63, 3.8) is 0 Å². The number of nitrogens with one attached hydrogen (secondary N) is 1. The van der Waals surface area contributed by atoms with Gasteiger partial charge in [0.05, 0.1) is 21.3 Å². The molecule has 0 aliphatic carbocycles. The first-order valence-corrected chi connectivity index (χ1v) is 11.5. The Morgan fingerprint density at radius 1 is 1.03 bits per heavy atom. The van der Waals surface area contributed by atoms with Gasteiger partial charge in [0.15, 0.2) is 5.75 Å². The Balaban J connectivity index is 1.87. The van der Waals surface area contributed by atoms with Gasteiger partial charge in [-0.2, -0.15) is 0 Å². The van der Waals surface area contributed by atoms with Gasteiger partial charge < -0.3 is 15.2 Å². The van der Waals surface area contributed by atoms with E-state index in [9.17, 15) is 14.7 Å². The van der Waals surface area contributed by atoms with Gasteiger partial charge in [0.1, 0.15) is 5.75 Å². The van der Waals surface area contributed by atoms with Gasteiger partial charge in [-0.05, 0) is 63.5 Å². The lowest BCUT2D eigenvalue weighted by Crippen LogP contribution is -2.17. The summed E-state index contributed by atoms with van der Waals surface area (Å²) in [6, 6.07) is 17.0.